The number of anilines is 2. The normalized spacial score (nSPS) is 24.8. The number of fused-ring (bicyclic) bond motifs is 2. The molecule has 3 N–H and O–H groups in total. The molecule has 4 heterocycles. The van der Waals surface area contributed by atoms with E-state index in [1.807, 2.05) is 4.90 Å². The monoisotopic (exact) mass is 461 g/mol. The number of amides is 1. The summed E-state index contributed by atoms with van der Waals surface area (Å²) in [5.41, 5.74) is 6.66. The number of nitrogens with two attached hydrogens (primary N) is 1. The highest BCUT2D eigenvalue weighted by molar-refractivity contribution is 5.85. The Kier molecular flexibility index (Phi) is 5.04. The van der Waals surface area contributed by atoms with Crippen molar-refractivity contribution in [2.45, 2.75) is 58.0 Å². The van der Waals surface area contributed by atoms with E-state index in [9.17, 15) is 18.0 Å². The Labute approximate surface area is 189 Å². The first-order valence-electron chi connectivity index (χ1n) is 11.1. The van der Waals surface area contributed by atoms with Crippen LogP contribution in [0, 0.1) is 12.3 Å². The van der Waals surface area contributed by atoms with Gasteiger partial charge in [0.25, 0.3) is 0 Å². The van der Waals surface area contributed by atoms with E-state index in [0.717, 1.165) is 36.2 Å². The highest BCUT2D eigenvalue weighted by atomic mass is 19.4. The van der Waals surface area contributed by atoms with Gasteiger partial charge in [0, 0.05) is 24.2 Å². The lowest BCUT2D eigenvalue weighted by Gasteiger charge is -2.40. The fourth-order valence-corrected chi connectivity index (χ4v) is 5.11. The van der Waals surface area contributed by atoms with Crippen LogP contribution in [0.5, 0.6) is 0 Å². The number of hydrogen-bond acceptors (Lipinski definition) is 6. The fourth-order valence-electron chi connectivity index (χ4n) is 5.11. The Morgan fingerprint density at radius 2 is 2.06 bits per heavy atom. The van der Waals surface area contributed by atoms with Crippen LogP contribution in [-0.2, 0) is 28.7 Å². The third kappa shape index (κ3) is 3.90. The second kappa shape index (κ2) is 7.58. The standard InChI is InChI=1S/C23H26F3N5O2/c1-12(14-5-15(23(24,25)26)7-16(27)6-14)28-20-18-10-31(4-3-19(18)29-13(2)30-20)21(32)22-8-17(9-22)33-11-22/h5-7,12,17H,3-4,8-11,27H2,1-2H3,(H,28,29,30)/t12-,17?,22?/m1/s1. The number of benzene rings is 1. The van der Waals surface area contributed by atoms with Gasteiger partial charge in [-0.25, -0.2) is 9.97 Å². The largest absolute Gasteiger partial charge is 0.416 e. The molecule has 1 aromatic heterocycles. The van der Waals surface area contributed by atoms with E-state index in [1.165, 1.54) is 6.07 Å². The van der Waals surface area contributed by atoms with E-state index in [4.69, 9.17) is 10.5 Å². The fraction of sp³-hybridized carbons (Fsp3) is 0.522. The van der Waals surface area contributed by atoms with Crippen molar-refractivity contribution in [2.24, 2.45) is 5.41 Å². The van der Waals surface area contributed by atoms with Gasteiger partial charge >= 0.3 is 6.18 Å². The summed E-state index contributed by atoms with van der Waals surface area (Å²) in [7, 11) is 0. The third-order valence-electron chi connectivity index (χ3n) is 6.90. The van der Waals surface area contributed by atoms with Crippen molar-refractivity contribution in [3.63, 3.8) is 0 Å². The van der Waals surface area contributed by atoms with Crippen molar-refractivity contribution in [1.82, 2.24) is 14.9 Å². The molecule has 6 rings (SSSR count). The van der Waals surface area contributed by atoms with Gasteiger partial charge in [0.15, 0.2) is 0 Å². The van der Waals surface area contributed by atoms with E-state index in [2.05, 4.69) is 15.3 Å². The molecule has 3 aliphatic heterocycles. The Hall–Kier alpha value is -2.88. The molecule has 3 fully saturated rings. The molecular weight excluding hydrogens is 435 g/mol. The minimum atomic E-state index is -4.49. The lowest BCUT2D eigenvalue weighted by molar-refractivity contribution is -0.145. The van der Waals surface area contributed by atoms with Crippen LogP contribution in [0.25, 0.3) is 0 Å². The maximum absolute atomic E-state index is 13.3. The van der Waals surface area contributed by atoms with E-state index in [1.54, 1.807) is 13.8 Å². The summed E-state index contributed by atoms with van der Waals surface area (Å²) in [5.74, 6) is 1.20. The molecule has 33 heavy (non-hydrogen) atoms. The highest BCUT2D eigenvalue weighted by Crippen LogP contribution is 2.51. The number of nitrogens with one attached hydrogen (secondary N) is 1. The summed E-state index contributed by atoms with van der Waals surface area (Å²) in [4.78, 5) is 24.1. The average Bonchev–Trinajstić information content (AvgIpc) is 3.34. The summed E-state index contributed by atoms with van der Waals surface area (Å²) in [6.45, 7) is 4.95. The van der Waals surface area contributed by atoms with E-state index in [-0.39, 0.29) is 17.7 Å². The quantitative estimate of drug-likeness (QED) is 0.676. The molecule has 4 aliphatic rings. The van der Waals surface area contributed by atoms with Gasteiger partial charge < -0.3 is 20.7 Å². The van der Waals surface area contributed by atoms with Crippen LogP contribution in [0.1, 0.15) is 54.0 Å². The van der Waals surface area contributed by atoms with E-state index < -0.39 is 23.2 Å². The van der Waals surface area contributed by atoms with Gasteiger partial charge in [-0.15, -0.1) is 0 Å². The van der Waals surface area contributed by atoms with Crippen LogP contribution in [0.2, 0.25) is 0 Å². The van der Waals surface area contributed by atoms with Gasteiger partial charge in [-0.1, -0.05) is 0 Å². The number of rotatable bonds is 4. The molecule has 1 aromatic carbocycles. The predicted octanol–water partition coefficient (Wildman–Crippen LogP) is 3.62. The molecule has 1 atom stereocenters. The molecule has 2 aromatic rings. The molecule has 1 saturated carbocycles. The molecule has 7 nitrogen and oxygen atoms in total. The van der Waals surface area contributed by atoms with Gasteiger partial charge in [-0.2, -0.15) is 13.2 Å². The lowest BCUT2D eigenvalue weighted by atomic mass is 9.69. The molecule has 2 bridgehead atoms. The van der Waals surface area contributed by atoms with Crippen LogP contribution in [0.4, 0.5) is 24.7 Å². The van der Waals surface area contributed by atoms with E-state index >= 15 is 0 Å². The maximum Gasteiger partial charge on any atom is 0.416 e. The molecule has 0 radical (unpaired) electrons. The number of halogens is 3. The van der Waals surface area contributed by atoms with Crippen molar-refractivity contribution >= 4 is 17.4 Å². The number of aryl methyl sites for hydroxylation is 1. The smallest absolute Gasteiger partial charge is 0.399 e. The number of aromatic nitrogens is 2. The summed E-state index contributed by atoms with van der Waals surface area (Å²) in [6, 6.07) is 3.05. The summed E-state index contributed by atoms with van der Waals surface area (Å²) >= 11 is 0. The number of alkyl halides is 3. The highest BCUT2D eigenvalue weighted by Gasteiger charge is 2.58. The van der Waals surface area contributed by atoms with Gasteiger partial charge in [0.1, 0.15) is 11.6 Å². The minimum Gasteiger partial charge on any atom is -0.399 e. The molecular formula is C23H26F3N5O2. The molecule has 1 amide bonds. The first-order chi connectivity index (χ1) is 15.5. The molecule has 176 valence electrons. The van der Waals surface area contributed by atoms with Crippen LogP contribution in [0.3, 0.4) is 0 Å². The summed E-state index contributed by atoms with van der Waals surface area (Å²) in [6.07, 6.45) is -2.13. The van der Waals surface area contributed by atoms with Crippen molar-refractivity contribution < 1.29 is 22.7 Å². The Balaban J connectivity index is 1.40. The Bertz CT molecular complexity index is 1110. The van der Waals surface area contributed by atoms with Crippen LogP contribution in [-0.4, -0.2) is 40.0 Å². The summed E-state index contributed by atoms with van der Waals surface area (Å²) < 4.78 is 45.4. The minimum absolute atomic E-state index is 0.0444. The number of carbonyl (C=O) groups is 1. The topological polar surface area (TPSA) is 93.4 Å². The molecule has 10 heteroatoms. The number of carbonyl (C=O) groups excluding carboxylic acids is 1. The maximum atomic E-state index is 13.3. The second-order valence-electron chi connectivity index (χ2n) is 9.40. The van der Waals surface area contributed by atoms with E-state index in [0.29, 0.717) is 43.3 Å². The first kappa shape index (κ1) is 21.9. The van der Waals surface area contributed by atoms with Gasteiger partial charge in [0.05, 0.1) is 42.0 Å². The van der Waals surface area contributed by atoms with Crippen LogP contribution >= 0.6 is 0 Å². The summed E-state index contributed by atoms with van der Waals surface area (Å²) in [5, 5.41) is 3.24. The average molecular weight is 461 g/mol. The van der Waals surface area contributed by atoms with Crippen LogP contribution in [0.15, 0.2) is 18.2 Å². The molecule has 0 unspecified atom stereocenters. The van der Waals surface area contributed by atoms with Crippen molar-refractivity contribution in [3.8, 4) is 0 Å². The lowest BCUT2D eigenvalue weighted by Crippen LogP contribution is -2.50. The number of nitrogens with zero attached hydrogens (tertiary/aromatic N) is 3. The van der Waals surface area contributed by atoms with Crippen molar-refractivity contribution in [3.05, 3.63) is 46.4 Å². The van der Waals surface area contributed by atoms with Crippen molar-refractivity contribution in [2.75, 3.05) is 24.2 Å². The number of ether oxygens (including phenoxy) is 1. The van der Waals surface area contributed by atoms with Gasteiger partial charge in [-0.05, 0) is 50.5 Å². The molecule has 0 spiro atoms. The molecule has 2 saturated heterocycles. The van der Waals surface area contributed by atoms with Crippen molar-refractivity contribution in [1.29, 1.82) is 0 Å². The van der Waals surface area contributed by atoms with Crippen LogP contribution < -0.4 is 11.1 Å². The SMILES string of the molecule is Cc1nc2c(c(N[C@H](C)c3cc(N)cc(C(F)(F)F)c3)n1)CN(C(=O)C13COC(C1)C3)CC2. The number of nitrogen functional groups attached to an aromatic ring is 1. The number of hydrogen-bond donors (Lipinski definition) is 2. The zero-order valence-electron chi connectivity index (χ0n) is 18.5. The third-order valence-corrected chi connectivity index (χ3v) is 6.90. The zero-order valence-corrected chi connectivity index (χ0v) is 18.5. The second-order valence-corrected chi connectivity index (χ2v) is 9.40. The molecule has 1 aliphatic carbocycles. The zero-order chi connectivity index (χ0) is 23.5. The van der Waals surface area contributed by atoms with Gasteiger partial charge in [-0.3, -0.25) is 4.79 Å². The predicted molar refractivity (Wildman–Crippen MR) is 115 cm³/mol. The Morgan fingerprint density at radius 1 is 1.30 bits per heavy atom. The first-order valence-corrected chi connectivity index (χ1v) is 11.1. The van der Waals surface area contributed by atoms with Gasteiger partial charge in [0.2, 0.25) is 5.91 Å². The Morgan fingerprint density at radius 3 is 2.73 bits per heavy atom.